The van der Waals surface area contributed by atoms with Crippen LogP contribution in [-0.2, 0) is 9.53 Å². The predicted octanol–water partition coefficient (Wildman–Crippen LogP) is 0.0836. The maximum atomic E-state index is 11.1. The van der Waals surface area contributed by atoms with Crippen LogP contribution in [0.3, 0.4) is 0 Å². The minimum atomic E-state index is -1.87. The molecule has 1 aliphatic heterocycles. The van der Waals surface area contributed by atoms with Gasteiger partial charge in [-0.25, -0.2) is 4.79 Å². The second kappa shape index (κ2) is 6.63. The molecule has 1 saturated heterocycles. The van der Waals surface area contributed by atoms with Gasteiger partial charge in [0.25, 0.3) is 0 Å². The average Bonchev–Trinajstić information content (AvgIpc) is 2.83. The molecule has 1 aromatic carbocycles. The van der Waals surface area contributed by atoms with E-state index in [0.29, 0.717) is 20.4 Å². The van der Waals surface area contributed by atoms with E-state index in [1.165, 1.54) is 6.07 Å². The molecule has 1 aromatic heterocycles. The molecule has 1 aliphatic rings. The molecular weight excluding hydrogens is 426 g/mol. The van der Waals surface area contributed by atoms with Crippen molar-refractivity contribution in [2.75, 3.05) is 0 Å². The van der Waals surface area contributed by atoms with Gasteiger partial charge in [0, 0.05) is 9.86 Å². The van der Waals surface area contributed by atoms with Crippen LogP contribution in [-0.4, -0.2) is 66.9 Å². The average molecular weight is 439 g/mol. The van der Waals surface area contributed by atoms with Crippen molar-refractivity contribution < 1.29 is 39.9 Å². The molecule has 2 heterocycles. The van der Waals surface area contributed by atoms with Crippen molar-refractivity contribution in [1.82, 2.24) is 4.73 Å². The maximum Gasteiger partial charge on any atom is 0.335 e. The lowest BCUT2D eigenvalue weighted by molar-refractivity contribution is -0.286. The van der Waals surface area contributed by atoms with E-state index in [1.54, 1.807) is 6.07 Å². The highest BCUT2D eigenvalue weighted by atomic mass is 79.9. The Kier molecular flexibility index (Phi) is 4.84. The highest BCUT2D eigenvalue weighted by Gasteiger charge is 2.49. The van der Waals surface area contributed by atoms with Gasteiger partial charge in [0.2, 0.25) is 0 Å². The quantitative estimate of drug-likeness (QED) is 0.454. The number of carbonyl (C=O) groups is 1. The molecule has 9 nitrogen and oxygen atoms in total. The Morgan fingerprint density at radius 3 is 2.60 bits per heavy atom. The van der Waals surface area contributed by atoms with Crippen molar-refractivity contribution in [3.8, 4) is 5.75 Å². The van der Waals surface area contributed by atoms with Crippen LogP contribution in [0.25, 0.3) is 10.9 Å². The zero-order chi connectivity index (χ0) is 18.5. The summed E-state index contributed by atoms with van der Waals surface area (Å²) in [6.45, 7) is 0. The van der Waals surface area contributed by atoms with Crippen molar-refractivity contribution in [1.29, 1.82) is 0 Å². The van der Waals surface area contributed by atoms with E-state index in [2.05, 4.69) is 20.7 Å². The van der Waals surface area contributed by atoms with Crippen molar-refractivity contribution in [3.63, 3.8) is 0 Å². The molecule has 0 unspecified atom stereocenters. The third-order valence-corrected chi connectivity index (χ3v) is 5.03. The summed E-state index contributed by atoms with van der Waals surface area (Å²) in [7, 11) is 0. The number of carboxylic acids is 1. The van der Waals surface area contributed by atoms with Crippen LogP contribution in [0, 0.1) is 0 Å². The first kappa shape index (κ1) is 18.2. The van der Waals surface area contributed by atoms with Crippen LogP contribution in [0.1, 0.15) is 0 Å². The van der Waals surface area contributed by atoms with Gasteiger partial charge in [0.05, 0.1) is 16.7 Å². The van der Waals surface area contributed by atoms with Crippen molar-refractivity contribution >= 4 is 44.4 Å². The van der Waals surface area contributed by atoms with Crippen molar-refractivity contribution in [3.05, 3.63) is 27.8 Å². The van der Waals surface area contributed by atoms with Crippen LogP contribution >= 0.6 is 27.5 Å². The van der Waals surface area contributed by atoms with Gasteiger partial charge < -0.3 is 35.1 Å². The number of aliphatic carboxylic acids is 1. The summed E-state index contributed by atoms with van der Waals surface area (Å²) in [6, 6.07) is 3.00. The van der Waals surface area contributed by atoms with E-state index >= 15 is 0 Å². The lowest BCUT2D eigenvalue weighted by Crippen LogP contribution is -2.62. The lowest BCUT2D eigenvalue weighted by atomic mass is 9.99. The number of aromatic hydroxyl groups is 1. The second-order valence-electron chi connectivity index (χ2n) is 5.46. The Morgan fingerprint density at radius 2 is 1.96 bits per heavy atom. The van der Waals surface area contributed by atoms with E-state index in [4.69, 9.17) is 21.5 Å². The number of halogens is 2. The van der Waals surface area contributed by atoms with Gasteiger partial charge in [-0.3, -0.25) is 0 Å². The number of nitrogens with zero attached hydrogens (tertiary/aromatic N) is 1. The molecule has 5 N–H and O–H groups in total. The number of rotatable bonds is 3. The number of hydrogen-bond donors (Lipinski definition) is 5. The summed E-state index contributed by atoms with van der Waals surface area (Å²) >= 11 is 9.24. The molecule has 0 bridgehead atoms. The van der Waals surface area contributed by atoms with Gasteiger partial charge in [0.15, 0.2) is 18.5 Å². The van der Waals surface area contributed by atoms with E-state index in [-0.39, 0.29) is 5.75 Å². The lowest BCUT2D eigenvalue weighted by Gasteiger charge is -2.38. The van der Waals surface area contributed by atoms with Crippen LogP contribution in [0.4, 0.5) is 0 Å². The Morgan fingerprint density at radius 1 is 1.28 bits per heavy atom. The van der Waals surface area contributed by atoms with Crippen LogP contribution in [0.5, 0.6) is 5.75 Å². The number of aliphatic hydroxyl groups excluding tert-OH is 3. The van der Waals surface area contributed by atoms with Crippen LogP contribution in [0.2, 0.25) is 5.02 Å². The van der Waals surface area contributed by atoms with E-state index < -0.39 is 36.7 Å². The Balaban J connectivity index is 1.99. The first-order valence-corrected chi connectivity index (χ1v) is 8.16. The first-order chi connectivity index (χ1) is 11.7. The summed E-state index contributed by atoms with van der Waals surface area (Å²) in [4.78, 5) is 16.5. The standard InChI is InChI=1S/C14H13BrClNO8/c15-5-1-4-7(2-6(5)16)17(3-8(4)18)25-11-9(19)12(13(21)22)24-14(23)10(11)20/h1-3,9-12,14,18-20,23H,(H,21,22)/t9-,10+,11-,12-,14+/m0/s1. The zero-order valence-electron chi connectivity index (χ0n) is 12.3. The maximum absolute atomic E-state index is 11.1. The number of carboxylic acid groups (broad SMARTS) is 1. The predicted molar refractivity (Wildman–Crippen MR) is 87.2 cm³/mol. The van der Waals surface area contributed by atoms with Crippen molar-refractivity contribution in [2.45, 2.75) is 30.7 Å². The molecule has 2 aromatic rings. The molecule has 0 spiro atoms. The molecule has 25 heavy (non-hydrogen) atoms. The number of benzene rings is 1. The topological polar surface area (TPSA) is 142 Å². The third kappa shape index (κ3) is 3.16. The smallest absolute Gasteiger partial charge is 0.335 e. The highest BCUT2D eigenvalue weighted by Crippen LogP contribution is 2.34. The fourth-order valence-electron chi connectivity index (χ4n) is 2.57. The summed E-state index contributed by atoms with van der Waals surface area (Å²) in [5.41, 5.74) is 0.304. The van der Waals surface area contributed by atoms with Crippen LogP contribution < -0.4 is 4.84 Å². The summed E-state index contributed by atoms with van der Waals surface area (Å²) in [5.74, 6) is -1.70. The Bertz CT molecular complexity index is 827. The van der Waals surface area contributed by atoms with Gasteiger partial charge in [-0.2, -0.15) is 4.73 Å². The van der Waals surface area contributed by atoms with Gasteiger partial charge in [0.1, 0.15) is 18.0 Å². The molecule has 0 saturated carbocycles. The second-order valence-corrected chi connectivity index (χ2v) is 6.72. The fraction of sp³-hybridized carbons (Fsp3) is 0.357. The number of fused-ring (bicyclic) bond motifs is 1. The number of aromatic nitrogens is 1. The molecule has 5 atom stereocenters. The van der Waals surface area contributed by atoms with E-state index in [0.717, 1.165) is 10.9 Å². The summed E-state index contributed by atoms with van der Waals surface area (Å²) in [5, 5.41) is 49.5. The number of hydrogen-bond acceptors (Lipinski definition) is 7. The van der Waals surface area contributed by atoms with Crippen LogP contribution in [0.15, 0.2) is 22.8 Å². The molecular formula is C14H13BrClNO8. The minimum absolute atomic E-state index is 0.168. The number of ether oxygens (including phenoxy) is 1. The molecule has 1 fully saturated rings. The third-order valence-electron chi connectivity index (χ3n) is 3.83. The largest absolute Gasteiger partial charge is 0.506 e. The molecule has 0 radical (unpaired) electrons. The number of aliphatic hydroxyl groups is 3. The molecule has 11 heteroatoms. The van der Waals surface area contributed by atoms with Gasteiger partial charge in [-0.1, -0.05) is 11.6 Å². The first-order valence-electron chi connectivity index (χ1n) is 6.99. The van der Waals surface area contributed by atoms with E-state index in [9.17, 15) is 25.2 Å². The normalized spacial score (nSPS) is 29.7. The monoisotopic (exact) mass is 437 g/mol. The van der Waals surface area contributed by atoms with Crippen molar-refractivity contribution in [2.24, 2.45) is 0 Å². The van der Waals surface area contributed by atoms with Gasteiger partial charge in [-0.15, -0.1) is 0 Å². The summed E-state index contributed by atoms with van der Waals surface area (Å²) in [6.07, 6.45) is -7.55. The SMILES string of the molecule is O=C(O)[C@H]1O[C@@H](O)[C@H](O)[C@@H](On2cc(O)c3cc(Br)c(Cl)cc32)[C@@H]1O. The zero-order valence-corrected chi connectivity index (χ0v) is 14.6. The Labute approximate surface area is 153 Å². The molecule has 136 valence electrons. The van der Waals surface area contributed by atoms with E-state index in [1.807, 2.05) is 0 Å². The summed E-state index contributed by atoms with van der Waals surface area (Å²) < 4.78 is 6.21. The minimum Gasteiger partial charge on any atom is -0.506 e. The van der Waals surface area contributed by atoms with Gasteiger partial charge in [-0.05, 0) is 28.1 Å². The molecule has 3 rings (SSSR count). The molecule has 0 aliphatic carbocycles. The fourth-order valence-corrected chi connectivity index (χ4v) is 3.07. The Hall–Kier alpha value is -1.56. The molecule has 0 amide bonds. The highest BCUT2D eigenvalue weighted by molar-refractivity contribution is 9.10. The van der Waals surface area contributed by atoms with Gasteiger partial charge >= 0.3 is 5.97 Å².